The minimum absolute atomic E-state index is 0.213. The predicted octanol–water partition coefficient (Wildman–Crippen LogP) is 0.838. The van der Waals surface area contributed by atoms with E-state index in [2.05, 4.69) is 6.92 Å². The minimum Gasteiger partial charge on any atom is -0.349 e. The summed E-state index contributed by atoms with van der Waals surface area (Å²) < 4.78 is 0. The predicted molar refractivity (Wildman–Crippen MR) is 53.2 cm³/mol. The number of amides is 1. The van der Waals surface area contributed by atoms with E-state index in [0.717, 1.165) is 19.3 Å². The zero-order valence-electron chi connectivity index (χ0n) is 8.79. The van der Waals surface area contributed by atoms with Crippen molar-refractivity contribution < 1.29 is 4.79 Å². The van der Waals surface area contributed by atoms with Crippen LogP contribution in [0.15, 0.2) is 0 Å². The average Bonchev–Trinajstić information content (AvgIpc) is 2.08. The van der Waals surface area contributed by atoms with E-state index in [9.17, 15) is 4.79 Å². The van der Waals surface area contributed by atoms with Crippen LogP contribution in [0, 0.1) is 11.8 Å². The minimum atomic E-state index is 0.213. The molecule has 0 aromatic carbocycles. The first-order valence-electron chi connectivity index (χ1n) is 4.99. The van der Waals surface area contributed by atoms with Gasteiger partial charge in [0.05, 0.1) is 0 Å². The molecule has 0 saturated heterocycles. The number of nitrogens with zero attached hydrogens (tertiary/aromatic N) is 1. The highest BCUT2D eigenvalue weighted by molar-refractivity contribution is 5.78. The lowest BCUT2D eigenvalue weighted by Crippen LogP contribution is -2.40. The van der Waals surface area contributed by atoms with Gasteiger partial charge in [-0.25, -0.2) is 0 Å². The third kappa shape index (κ3) is 2.44. The van der Waals surface area contributed by atoms with Crippen LogP contribution >= 0.6 is 0 Å². The molecule has 0 spiro atoms. The standard InChI is InChI=1S/C10H20N2O/c1-7-6-8(4-5-9(7)11)10(13)12(2)3/h7-9H,4-6,11H2,1-3H3/t7-,8+,9+/m1/s1. The van der Waals surface area contributed by atoms with Gasteiger partial charge in [-0.15, -0.1) is 0 Å². The molecule has 1 aliphatic rings. The summed E-state index contributed by atoms with van der Waals surface area (Å²) >= 11 is 0. The van der Waals surface area contributed by atoms with Crippen molar-refractivity contribution in [2.45, 2.75) is 32.2 Å². The molecular formula is C10H20N2O. The van der Waals surface area contributed by atoms with Gasteiger partial charge in [-0.05, 0) is 25.2 Å². The van der Waals surface area contributed by atoms with E-state index in [4.69, 9.17) is 5.73 Å². The molecule has 0 radical (unpaired) electrons. The Hall–Kier alpha value is -0.570. The van der Waals surface area contributed by atoms with Crippen molar-refractivity contribution in [3.8, 4) is 0 Å². The Morgan fingerprint density at radius 1 is 1.38 bits per heavy atom. The highest BCUT2D eigenvalue weighted by Crippen LogP contribution is 2.28. The van der Waals surface area contributed by atoms with E-state index in [1.54, 1.807) is 4.90 Å². The van der Waals surface area contributed by atoms with Crippen molar-refractivity contribution in [1.29, 1.82) is 0 Å². The Balaban J connectivity index is 2.50. The number of rotatable bonds is 1. The smallest absolute Gasteiger partial charge is 0.225 e. The molecule has 0 unspecified atom stereocenters. The summed E-state index contributed by atoms with van der Waals surface area (Å²) in [7, 11) is 3.64. The van der Waals surface area contributed by atoms with Gasteiger partial charge in [-0.2, -0.15) is 0 Å². The lowest BCUT2D eigenvalue weighted by molar-refractivity contribution is -0.134. The molecule has 3 nitrogen and oxygen atoms in total. The van der Waals surface area contributed by atoms with E-state index in [0.29, 0.717) is 12.0 Å². The van der Waals surface area contributed by atoms with Crippen molar-refractivity contribution in [2.24, 2.45) is 17.6 Å². The Morgan fingerprint density at radius 2 is 2.00 bits per heavy atom. The van der Waals surface area contributed by atoms with Crippen molar-refractivity contribution in [1.82, 2.24) is 4.90 Å². The number of carbonyl (C=O) groups excluding carboxylic acids is 1. The maximum absolute atomic E-state index is 11.6. The SMILES string of the molecule is C[C@@H]1C[C@@H](C(=O)N(C)C)CC[C@@H]1N. The Morgan fingerprint density at radius 3 is 2.46 bits per heavy atom. The molecule has 3 heteroatoms. The zero-order valence-corrected chi connectivity index (χ0v) is 8.79. The van der Waals surface area contributed by atoms with E-state index in [1.165, 1.54) is 0 Å². The van der Waals surface area contributed by atoms with Crippen molar-refractivity contribution in [3.05, 3.63) is 0 Å². The summed E-state index contributed by atoms with van der Waals surface area (Å²) in [6.07, 6.45) is 2.91. The normalized spacial score (nSPS) is 34.3. The third-order valence-corrected chi connectivity index (χ3v) is 3.03. The molecular weight excluding hydrogens is 164 g/mol. The summed E-state index contributed by atoms with van der Waals surface area (Å²) in [5, 5.41) is 0. The van der Waals surface area contributed by atoms with Crippen LogP contribution in [0.2, 0.25) is 0 Å². The van der Waals surface area contributed by atoms with Crippen molar-refractivity contribution >= 4 is 5.91 Å². The largest absolute Gasteiger partial charge is 0.349 e. The van der Waals surface area contributed by atoms with Crippen LogP contribution in [0.25, 0.3) is 0 Å². The van der Waals surface area contributed by atoms with Gasteiger partial charge >= 0.3 is 0 Å². The lowest BCUT2D eigenvalue weighted by Gasteiger charge is -2.32. The second-order valence-corrected chi connectivity index (χ2v) is 4.38. The number of carbonyl (C=O) groups is 1. The molecule has 2 N–H and O–H groups in total. The molecule has 1 aliphatic carbocycles. The molecule has 1 amide bonds. The zero-order chi connectivity index (χ0) is 10.0. The van der Waals surface area contributed by atoms with Gasteiger partial charge in [0.15, 0.2) is 0 Å². The van der Waals surface area contributed by atoms with Crippen molar-refractivity contribution in [2.75, 3.05) is 14.1 Å². The highest BCUT2D eigenvalue weighted by atomic mass is 16.2. The van der Waals surface area contributed by atoms with Crippen LogP contribution < -0.4 is 5.73 Å². The second-order valence-electron chi connectivity index (χ2n) is 4.38. The summed E-state index contributed by atoms with van der Waals surface area (Å²) in [6.45, 7) is 2.14. The van der Waals surface area contributed by atoms with Gasteiger partial charge in [-0.1, -0.05) is 6.92 Å². The Bertz CT molecular complexity index is 191. The molecule has 0 bridgehead atoms. The second kappa shape index (κ2) is 4.09. The summed E-state index contributed by atoms with van der Waals surface area (Å²) in [6, 6.07) is 0.297. The topological polar surface area (TPSA) is 46.3 Å². The highest BCUT2D eigenvalue weighted by Gasteiger charge is 2.29. The summed E-state index contributed by atoms with van der Waals surface area (Å²) in [5.41, 5.74) is 5.89. The van der Waals surface area contributed by atoms with E-state index in [1.807, 2.05) is 14.1 Å². The summed E-state index contributed by atoms with van der Waals surface area (Å²) in [4.78, 5) is 13.3. The maximum atomic E-state index is 11.6. The van der Waals surface area contributed by atoms with Crippen LogP contribution in [0.1, 0.15) is 26.2 Å². The van der Waals surface area contributed by atoms with E-state index < -0.39 is 0 Å². The molecule has 1 saturated carbocycles. The van der Waals surface area contributed by atoms with Gasteiger partial charge in [0.25, 0.3) is 0 Å². The Labute approximate surface area is 80.3 Å². The Kier molecular flexibility index (Phi) is 3.31. The number of hydrogen-bond acceptors (Lipinski definition) is 2. The van der Waals surface area contributed by atoms with Gasteiger partial charge in [0, 0.05) is 26.1 Å². The van der Waals surface area contributed by atoms with Crippen molar-refractivity contribution in [3.63, 3.8) is 0 Å². The van der Waals surface area contributed by atoms with Gasteiger partial charge in [-0.3, -0.25) is 4.79 Å². The molecule has 0 aromatic heterocycles. The molecule has 3 atom stereocenters. The van der Waals surface area contributed by atoms with E-state index in [-0.39, 0.29) is 11.8 Å². The van der Waals surface area contributed by atoms with Gasteiger partial charge in [0.1, 0.15) is 0 Å². The molecule has 1 fully saturated rings. The number of nitrogens with two attached hydrogens (primary N) is 1. The summed E-state index contributed by atoms with van der Waals surface area (Å²) in [5.74, 6) is 0.964. The molecule has 0 aromatic rings. The average molecular weight is 184 g/mol. The lowest BCUT2D eigenvalue weighted by atomic mass is 9.79. The quantitative estimate of drug-likeness (QED) is 0.656. The number of hydrogen-bond donors (Lipinski definition) is 1. The first-order valence-corrected chi connectivity index (χ1v) is 4.99. The van der Waals surface area contributed by atoms with Crippen LogP contribution in [0.3, 0.4) is 0 Å². The fourth-order valence-electron chi connectivity index (χ4n) is 2.01. The van der Waals surface area contributed by atoms with Crippen LogP contribution in [-0.2, 0) is 4.79 Å². The fourth-order valence-corrected chi connectivity index (χ4v) is 2.01. The van der Waals surface area contributed by atoms with Crippen LogP contribution in [-0.4, -0.2) is 30.9 Å². The first kappa shape index (κ1) is 10.5. The van der Waals surface area contributed by atoms with Crippen LogP contribution in [0.4, 0.5) is 0 Å². The fraction of sp³-hybridized carbons (Fsp3) is 0.900. The molecule has 0 aliphatic heterocycles. The molecule has 76 valence electrons. The maximum Gasteiger partial charge on any atom is 0.225 e. The van der Waals surface area contributed by atoms with Gasteiger partial charge in [0.2, 0.25) is 5.91 Å². The molecule has 13 heavy (non-hydrogen) atoms. The molecule has 1 rings (SSSR count). The monoisotopic (exact) mass is 184 g/mol. The van der Waals surface area contributed by atoms with Gasteiger partial charge < -0.3 is 10.6 Å². The first-order chi connectivity index (χ1) is 6.02. The third-order valence-electron chi connectivity index (χ3n) is 3.03. The van der Waals surface area contributed by atoms with Crippen LogP contribution in [0.5, 0.6) is 0 Å². The molecule has 0 heterocycles. The van der Waals surface area contributed by atoms with E-state index >= 15 is 0 Å².